The molecule has 0 saturated heterocycles. The molecule has 0 aliphatic carbocycles. The van der Waals surface area contributed by atoms with E-state index in [1.165, 1.54) is 6.07 Å². The van der Waals surface area contributed by atoms with Crippen molar-refractivity contribution in [3.05, 3.63) is 28.2 Å². The van der Waals surface area contributed by atoms with Crippen molar-refractivity contribution in [2.75, 3.05) is 13.1 Å². The first-order valence-electron chi connectivity index (χ1n) is 5.51. The summed E-state index contributed by atoms with van der Waals surface area (Å²) in [4.78, 5) is 11.7. The average molecular weight is 301 g/mol. The van der Waals surface area contributed by atoms with Crippen molar-refractivity contribution in [3.63, 3.8) is 0 Å². The number of aromatic hydroxyl groups is 1. The summed E-state index contributed by atoms with van der Waals surface area (Å²) in [5.41, 5.74) is 0.454. The number of hydrogen-bond acceptors (Lipinski definition) is 3. The zero-order valence-corrected chi connectivity index (χ0v) is 11.5. The molecule has 5 heteroatoms. The Labute approximate surface area is 110 Å². The lowest BCUT2D eigenvalue weighted by molar-refractivity contribution is 0.0953. The van der Waals surface area contributed by atoms with Crippen LogP contribution in [-0.2, 0) is 0 Å². The molecule has 3 N–H and O–H groups in total. The number of phenolic OH excluding ortho intramolecular Hbond substituents is 1. The van der Waals surface area contributed by atoms with Crippen LogP contribution in [0.4, 0.5) is 0 Å². The van der Waals surface area contributed by atoms with Gasteiger partial charge in [0.1, 0.15) is 5.75 Å². The highest BCUT2D eigenvalue weighted by atomic mass is 79.9. The fourth-order valence-electron chi connectivity index (χ4n) is 1.29. The average Bonchev–Trinajstić information content (AvgIpc) is 2.27. The Morgan fingerprint density at radius 3 is 2.71 bits per heavy atom. The lowest BCUT2D eigenvalue weighted by atomic mass is 10.2. The molecule has 4 nitrogen and oxygen atoms in total. The summed E-state index contributed by atoms with van der Waals surface area (Å²) in [6.07, 6.45) is 0. The van der Waals surface area contributed by atoms with Crippen LogP contribution < -0.4 is 10.6 Å². The van der Waals surface area contributed by atoms with Crippen LogP contribution in [0.25, 0.3) is 0 Å². The van der Waals surface area contributed by atoms with E-state index >= 15 is 0 Å². The van der Waals surface area contributed by atoms with Crippen molar-refractivity contribution in [3.8, 4) is 5.75 Å². The minimum Gasteiger partial charge on any atom is -0.507 e. The molecule has 0 aromatic heterocycles. The number of amides is 1. The summed E-state index contributed by atoms with van der Waals surface area (Å²) < 4.78 is 0.579. The van der Waals surface area contributed by atoms with Crippen LogP contribution in [0.3, 0.4) is 0 Å². The lowest BCUT2D eigenvalue weighted by Gasteiger charge is -2.09. The first kappa shape index (κ1) is 14.0. The third-order valence-electron chi connectivity index (χ3n) is 2.17. The van der Waals surface area contributed by atoms with Gasteiger partial charge in [0, 0.05) is 24.7 Å². The van der Waals surface area contributed by atoms with Crippen molar-refractivity contribution in [2.24, 2.45) is 0 Å². The predicted molar refractivity (Wildman–Crippen MR) is 71.3 cm³/mol. The van der Waals surface area contributed by atoms with Gasteiger partial charge in [0.05, 0.1) is 4.47 Å². The van der Waals surface area contributed by atoms with E-state index in [2.05, 4.69) is 40.4 Å². The highest BCUT2D eigenvalue weighted by Gasteiger charge is 2.07. The smallest absolute Gasteiger partial charge is 0.251 e. The van der Waals surface area contributed by atoms with E-state index < -0.39 is 0 Å². The molecule has 0 heterocycles. The largest absolute Gasteiger partial charge is 0.507 e. The topological polar surface area (TPSA) is 61.4 Å². The monoisotopic (exact) mass is 300 g/mol. The predicted octanol–water partition coefficient (Wildman–Crippen LogP) is 1.88. The molecule has 1 amide bonds. The van der Waals surface area contributed by atoms with Gasteiger partial charge < -0.3 is 15.7 Å². The summed E-state index contributed by atoms with van der Waals surface area (Å²) >= 11 is 3.17. The van der Waals surface area contributed by atoms with Crippen LogP contribution >= 0.6 is 15.9 Å². The van der Waals surface area contributed by atoms with E-state index in [4.69, 9.17) is 0 Å². The Morgan fingerprint density at radius 2 is 2.12 bits per heavy atom. The van der Waals surface area contributed by atoms with Crippen LogP contribution in [-0.4, -0.2) is 30.1 Å². The van der Waals surface area contributed by atoms with Crippen LogP contribution in [0.2, 0.25) is 0 Å². The van der Waals surface area contributed by atoms with Gasteiger partial charge in [0.25, 0.3) is 5.91 Å². The molecule has 0 spiro atoms. The number of hydrogen-bond donors (Lipinski definition) is 3. The maximum absolute atomic E-state index is 11.7. The molecule has 0 atom stereocenters. The number of benzene rings is 1. The zero-order chi connectivity index (χ0) is 12.8. The second kappa shape index (κ2) is 6.61. The fourth-order valence-corrected chi connectivity index (χ4v) is 1.54. The summed E-state index contributed by atoms with van der Waals surface area (Å²) in [5.74, 6) is -0.115. The SMILES string of the molecule is CC(C)NCCNC(=O)c1ccc(Br)c(O)c1. The molecule has 1 aromatic carbocycles. The van der Waals surface area contributed by atoms with Gasteiger partial charge in [-0.1, -0.05) is 13.8 Å². The summed E-state index contributed by atoms with van der Waals surface area (Å²) in [7, 11) is 0. The van der Waals surface area contributed by atoms with Crippen molar-refractivity contribution in [1.82, 2.24) is 10.6 Å². The first-order valence-corrected chi connectivity index (χ1v) is 6.30. The molecule has 0 bridgehead atoms. The Morgan fingerprint density at radius 1 is 1.41 bits per heavy atom. The molecule has 0 aliphatic rings. The van der Waals surface area contributed by atoms with Gasteiger partial charge in [-0.25, -0.2) is 0 Å². The van der Waals surface area contributed by atoms with Gasteiger partial charge in [0.2, 0.25) is 0 Å². The van der Waals surface area contributed by atoms with E-state index in [-0.39, 0.29) is 11.7 Å². The normalized spacial score (nSPS) is 10.6. The maximum atomic E-state index is 11.7. The highest BCUT2D eigenvalue weighted by Crippen LogP contribution is 2.24. The van der Waals surface area contributed by atoms with E-state index in [1.54, 1.807) is 12.1 Å². The van der Waals surface area contributed by atoms with E-state index in [0.29, 0.717) is 22.6 Å². The summed E-state index contributed by atoms with van der Waals surface area (Å²) in [6, 6.07) is 5.16. The quantitative estimate of drug-likeness (QED) is 0.728. The minimum atomic E-state index is -0.182. The van der Waals surface area contributed by atoms with Crippen molar-refractivity contribution >= 4 is 21.8 Å². The Bertz CT molecular complexity index is 394. The lowest BCUT2D eigenvalue weighted by Crippen LogP contribution is -2.34. The third kappa shape index (κ3) is 4.75. The van der Waals surface area contributed by atoms with Crippen molar-refractivity contribution in [2.45, 2.75) is 19.9 Å². The van der Waals surface area contributed by atoms with Gasteiger partial charge in [-0.2, -0.15) is 0 Å². The second-order valence-electron chi connectivity index (χ2n) is 4.03. The van der Waals surface area contributed by atoms with E-state index in [9.17, 15) is 9.90 Å². The molecule has 94 valence electrons. The molecule has 0 saturated carbocycles. The van der Waals surface area contributed by atoms with Gasteiger partial charge in [0.15, 0.2) is 0 Å². The Hall–Kier alpha value is -1.07. The molecule has 17 heavy (non-hydrogen) atoms. The Balaban J connectivity index is 2.44. The number of carbonyl (C=O) groups excluding carboxylic acids is 1. The Kier molecular flexibility index (Phi) is 5.44. The van der Waals surface area contributed by atoms with E-state index in [1.807, 2.05) is 0 Å². The number of nitrogens with one attached hydrogen (secondary N) is 2. The fraction of sp³-hybridized carbons (Fsp3) is 0.417. The third-order valence-corrected chi connectivity index (χ3v) is 2.84. The molecule has 0 aliphatic heterocycles. The van der Waals surface area contributed by atoms with Gasteiger partial charge in [-0.3, -0.25) is 4.79 Å². The van der Waals surface area contributed by atoms with Gasteiger partial charge in [-0.15, -0.1) is 0 Å². The standard InChI is InChI=1S/C12H17BrN2O2/c1-8(2)14-5-6-15-12(17)9-3-4-10(13)11(16)7-9/h3-4,7-8,14,16H,5-6H2,1-2H3,(H,15,17). The molecule has 1 aromatic rings. The maximum Gasteiger partial charge on any atom is 0.251 e. The first-order chi connectivity index (χ1) is 8.00. The van der Waals surface area contributed by atoms with Crippen LogP contribution in [0, 0.1) is 0 Å². The van der Waals surface area contributed by atoms with Gasteiger partial charge in [-0.05, 0) is 34.1 Å². The van der Waals surface area contributed by atoms with Crippen molar-refractivity contribution in [1.29, 1.82) is 0 Å². The number of rotatable bonds is 5. The number of carbonyl (C=O) groups is 1. The van der Waals surface area contributed by atoms with Crippen molar-refractivity contribution < 1.29 is 9.90 Å². The number of halogens is 1. The van der Waals surface area contributed by atoms with E-state index in [0.717, 1.165) is 6.54 Å². The molecule has 0 radical (unpaired) electrons. The highest BCUT2D eigenvalue weighted by molar-refractivity contribution is 9.10. The molecule has 0 unspecified atom stereocenters. The molecular weight excluding hydrogens is 284 g/mol. The van der Waals surface area contributed by atoms with Crippen LogP contribution in [0.15, 0.2) is 22.7 Å². The van der Waals surface area contributed by atoms with Crippen LogP contribution in [0.1, 0.15) is 24.2 Å². The second-order valence-corrected chi connectivity index (χ2v) is 4.89. The van der Waals surface area contributed by atoms with Gasteiger partial charge >= 0.3 is 0 Å². The number of phenols is 1. The molecule has 1 rings (SSSR count). The van der Waals surface area contributed by atoms with Crippen LogP contribution in [0.5, 0.6) is 5.75 Å². The summed E-state index contributed by atoms with van der Waals surface area (Å²) in [6.45, 7) is 5.39. The molecular formula is C12H17BrN2O2. The minimum absolute atomic E-state index is 0.0676. The zero-order valence-electron chi connectivity index (χ0n) is 9.96. The summed E-state index contributed by atoms with van der Waals surface area (Å²) in [5, 5.41) is 15.4. The molecule has 0 fully saturated rings.